The van der Waals surface area contributed by atoms with Gasteiger partial charge in [-0.1, -0.05) is 25.2 Å². The molecule has 2 aliphatic rings. The van der Waals surface area contributed by atoms with Crippen LogP contribution in [0.4, 0.5) is 0 Å². The molecule has 1 aromatic heterocycles. The highest BCUT2D eigenvalue weighted by atomic mass is 15.1. The van der Waals surface area contributed by atoms with E-state index in [0.29, 0.717) is 6.04 Å². The molecule has 1 unspecified atom stereocenters. The minimum atomic E-state index is 0.599. The minimum Gasteiger partial charge on any atom is -0.355 e. The zero-order valence-electron chi connectivity index (χ0n) is 11.4. The van der Waals surface area contributed by atoms with Crippen LogP contribution < -0.4 is 10.7 Å². The van der Waals surface area contributed by atoms with E-state index in [2.05, 4.69) is 48.2 Å². The molecule has 3 rings (SSSR count). The normalized spacial score (nSPS) is 21.2. The van der Waals surface area contributed by atoms with Gasteiger partial charge in [-0.3, -0.25) is 4.90 Å². The van der Waals surface area contributed by atoms with Crippen molar-refractivity contribution < 1.29 is 0 Å². The molecule has 2 nitrogen and oxygen atoms in total. The van der Waals surface area contributed by atoms with Crippen LogP contribution in [0.15, 0.2) is 6.08 Å². The Morgan fingerprint density at radius 3 is 3.11 bits per heavy atom. The number of H-pyrrole nitrogens is 1. The number of rotatable bonds is 3. The van der Waals surface area contributed by atoms with Gasteiger partial charge in [0.15, 0.2) is 0 Å². The molecule has 2 heteroatoms. The molecule has 0 bridgehead atoms. The molecular weight excluding hydrogens is 220 g/mol. The number of nitrogens with zero attached hydrogens (tertiary/aromatic N) is 1. The number of aromatic nitrogens is 1. The molecule has 2 aliphatic carbocycles. The van der Waals surface area contributed by atoms with Gasteiger partial charge in [-0.2, -0.15) is 0 Å². The summed E-state index contributed by atoms with van der Waals surface area (Å²) in [6, 6.07) is 0.599. The van der Waals surface area contributed by atoms with Crippen molar-refractivity contribution in [3.8, 4) is 0 Å². The van der Waals surface area contributed by atoms with Crippen LogP contribution in [0.5, 0.6) is 0 Å². The van der Waals surface area contributed by atoms with Crippen molar-refractivity contribution in [3.05, 3.63) is 27.9 Å². The molecule has 1 N–H and O–H groups in total. The highest BCUT2D eigenvalue weighted by molar-refractivity contribution is 5.61. The Kier molecular flexibility index (Phi) is 3.13. The number of fused-ring (bicyclic) bond motifs is 3. The monoisotopic (exact) mass is 242 g/mol. The van der Waals surface area contributed by atoms with Crippen LogP contribution in [0.3, 0.4) is 0 Å². The third-order valence-corrected chi connectivity index (χ3v) is 4.14. The Morgan fingerprint density at radius 2 is 2.28 bits per heavy atom. The summed E-state index contributed by atoms with van der Waals surface area (Å²) in [5.74, 6) is 0. The lowest BCUT2D eigenvalue weighted by Gasteiger charge is -2.27. The molecule has 0 aliphatic heterocycles. The molecule has 0 spiro atoms. The lowest BCUT2D eigenvalue weighted by atomic mass is 9.95. The van der Waals surface area contributed by atoms with E-state index < -0.39 is 0 Å². The van der Waals surface area contributed by atoms with Crippen LogP contribution in [-0.4, -0.2) is 29.5 Å². The van der Waals surface area contributed by atoms with Gasteiger partial charge >= 0.3 is 0 Å². The van der Waals surface area contributed by atoms with Gasteiger partial charge in [0.1, 0.15) is 0 Å². The summed E-state index contributed by atoms with van der Waals surface area (Å²) in [4.78, 5) is 6.07. The fourth-order valence-electron chi connectivity index (χ4n) is 3.16. The fourth-order valence-corrected chi connectivity index (χ4v) is 3.16. The maximum Gasteiger partial charge on any atom is 0.0423 e. The van der Waals surface area contributed by atoms with E-state index in [-0.39, 0.29) is 0 Å². The lowest BCUT2D eigenvalue weighted by Crippen LogP contribution is -2.35. The molecule has 96 valence electrons. The second-order valence-electron chi connectivity index (χ2n) is 5.44. The van der Waals surface area contributed by atoms with Gasteiger partial charge in [-0.15, -0.1) is 0 Å². The van der Waals surface area contributed by atoms with E-state index in [0.717, 1.165) is 6.42 Å². The quantitative estimate of drug-likeness (QED) is 0.854. The van der Waals surface area contributed by atoms with Gasteiger partial charge in [-0.25, -0.2) is 0 Å². The average molecular weight is 242 g/mol. The molecule has 0 radical (unpaired) electrons. The van der Waals surface area contributed by atoms with Gasteiger partial charge in [0.2, 0.25) is 0 Å². The molecular formula is C16H22N2. The Morgan fingerprint density at radius 1 is 1.39 bits per heavy atom. The van der Waals surface area contributed by atoms with E-state index in [1.54, 1.807) is 0 Å². The molecule has 0 fully saturated rings. The van der Waals surface area contributed by atoms with E-state index in [1.807, 2.05) is 0 Å². The zero-order chi connectivity index (χ0) is 12.5. The standard InChI is InChI=1S/C16H22N2/c1-3-10-18(2)12-8-9-14-13-6-4-5-7-15(13)17-16(14)11-12/h4,6-7,11-12,17H,3,5,8-10H2,1-2H3. The van der Waals surface area contributed by atoms with Gasteiger partial charge in [0.05, 0.1) is 0 Å². The topological polar surface area (TPSA) is 19.0 Å². The van der Waals surface area contributed by atoms with Gasteiger partial charge in [0.25, 0.3) is 0 Å². The van der Waals surface area contributed by atoms with E-state index in [1.165, 1.54) is 47.6 Å². The maximum atomic E-state index is 3.59. The minimum absolute atomic E-state index is 0.599. The van der Waals surface area contributed by atoms with Gasteiger partial charge in [0, 0.05) is 22.3 Å². The third-order valence-electron chi connectivity index (χ3n) is 4.14. The lowest BCUT2D eigenvalue weighted by molar-refractivity contribution is 0.280. The third kappa shape index (κ3) is 1.95. The number of allylic oxidation sites excluding steroid dienone is 1. The maximum absolute atomic E-state index is 3.59. The molecule has 0 amide bonds. The van der Waals surface area contributed by atoms with Crippen LogP contribution in [-0.2, 0) is 6.42 Å². The molecule has 0 saturated heterocycles. The SMILES string of the molecule is CCCN(C)C1C=c2[nH]c3c(c2CC1)C=CCC=3. The first kappa shape index (κ1) is 11.8. The van der Waals surface area contributed by atoms with Crippen molar-refractivity contribution in [1.29, 1.82) is 0 Å². The highest BCUT2D eigenvalue weighted by Crippen LogP contribution is 2.17. The molecule has 18 heavy (non-hydrogen) atoms. The van der Waals surface area contributed by atoms with E-state index in [9.17, 15) is 0 Å². The number of aromatic amines is 1. The van der Waals surface area contributed by atoms with Crippen LogP contribution in [0.1, 0.15) is 37.3 Å². The van der Waals surface area contributed by atoms with Crippen molar-refractivity contribution in [2.24, 2.45) is 0 Å². The first-order chi connectivity index (χ1) is 8.79. The van der Waals surface area contributed by atoms with Crippen molar-refractivity contribution in [2.75, 3.05) is 13.6 Å². The second kappa shape index (κ2) is 4.77. The predicted molar refractivity (Wildman–Crippen MR) is 77.7 cm³/mol. The van der Waals surface area contributed by atoms with Gasteiger partial charge < -0.3 is 4.98 Å². The average Bonchev–Trinajstić information content (AvgIpc) is 2.76. The van der Waals surface area contributed by atoms with Crippen molar-refractivity contribution >= 4 is 18.2 Å². The summed E-state index contributed by atoms with van der Waals surface area (Å²) in [6.45, 7) is 3.43. The molecule has 1 heterocycles. The van der Waals surface area contributed by atoms with Crippen molar-refractivity contribution in [2.45, 2.75) is 38.6 Å². The molecule has 1 atom stereocenters. The van der Waals surface area contributed by atoms with E-state index in [4.69, 9.17) is 0 Å². The van der Waals surface area contributed by atoms with Gasteiger partial charge in [-0.05, 0) is 50.9 Å². The first-order valence-electron chi connectivity index (χ1n) is 7.09. The van der Waals surface area contributed by atoms with Crippen molar-refractivity contribution in [3.63, 3.8) is 0 Å². The number of hydrogen-bond acceptors (Lipinski definition) is 1. The molecule has 0 saturated carbocycles. The van der Waals surface area contributed by atoms with Crippen LogP contribution >= 0.6 is 0 Å². The summed E-state index contributed by atoms with van der Waals surface area (Å²) in [5.41, 5.74) is 2.96. The summed E-state index contributed by atoms with van der Waals surface area (Å²) >= 11 is 0. The summed E-state index contributed by atoms with van der Waals surface area (Å²) < 4.78 is 0. The predicted octanol–water partition coefficient (Wildman–Crippen LogP) is 1.65. The largest absolute Gasteiger partial charge is 0.355 e. The zero-order valence-corrected chi connectivity index (χ0v) is 11.4. The van der Waals surface area contributed by atoms with E-state index >= 15 is 0 Å². The second-order valence-corrected chi connectivity index (χ2v) is 5.44. The summed E-state index contributed by atoms with van der Waals surface area (Å²) in [7, 11) is 2.24. The van der Waals surface area contributed by atoms with Crippen LogP contribution in [0.2, 0.25) is 0 Å². The summed E-state index contributed by atoms with van der Waals surface area (Å²) in [6.07, 6.45) is 14.0. The fraction of sp³-hybridized carbons (Fsp3) is 0.500. The Balaban J connectivity index is 1.99. The van der Waals surface area contributed by atoms with Crippen molar-refractivity contribution in [1.82, 2.24) is 9.88 Å². The Bertz CT molecular complexity index is 577. The number of hydrogen-bond donors (Lipinski definition) is 1. The smallest absolute Gasteiger partial charge is 0.0423 e. The molecule has 1 aromatic rings. The molecule has 0 aromatic carbocycles. The highest BCUT2D eigenvalue weighted by Gasteiger charge is 2.19. The summed E-state index contributed by atoms with van der Waals surface area (Å²) in [5, 5.41) is 2.69. The Labute approximate surface area is 109 Å². The van der Waals surface area contributed by atoms with Crippen LogP contribution in [0.25, 0.3) is 18.2 Å². The number of nitrogens with one attached hydrogen (secondary N) is 1. The Hall–Kier alpha value is -1.28. The first-order valence-corrected chi connectivity index (χ1v) is 7.09. The van der Waals surface area contributed by atoms with Crippen LogP contribution in [0, 0.1) is 0 Å².